The van der Waals surface area contributed by atoms with E-state index < -0.39 is 116 Å². The van der Waals surface area contributed by atoms with Gasteiger partial charge in [-0.2, -0.15) is 0 Å². The zero-order valence-corrected chi connectivity index (χ0v) is 26.1. The van der Waals surface area contributed by atoms with E-state index in [0.29, 0.717) is 0 Å². The molecule has 0 saturated carbocycles. The van der Waals surface area contributed by atoms with Gasteiger partial charge >= 0.3 is 41.8 Å². The van der Waals surface area contributed by atoms with E-state index in [9.17, 15) is 38.4 Å². The van der Waals surface area contributed by atoms with Gasteiger partial charge in [-0.15, -0.1) is 0 Å². The number of esters is 7. The minimum Gasteiger partial charge on any atom is -0.465 e. The highest BCUT2D eigenvalue weighted by atomic mass is 16.8. The van der Waals surface area contributed by atoms with Crippen LogP contribution in [0.25, 0.3) is 0 Å². The van der Waals surface area contributed by atoms with Gasteiger partial charge in [-0.05, 0) is 0 Å². The van der Waals surface area contributed by atoms with Gasteiger partial charge in [-0.3, -0.25) is 38.4 Å². The molecule has 0 aliphatic carbocycles. The number of ether oxygens (including phenoxy) is 11. The first kappa shape index (κ1) is 37.8. The van der Waals surface area contributed by atoms with Crippen molar-refractivity contribution < 1.29 is 90.5 Å². The Morgan fingerprint density at radius 1 is 0.587 bits per heavy atom. The van der Waals surface area contributed by atoms with E-state index in [2.05, 4.69) is 0 Å². The van der Waals surface area contributed by atoms with E-state index >= 15 is 0 Å². The molecule has 46 heavy (non-hydrogen) atoms. The van der Waals surface area contributed by atoms with E-state index in [0.717, 1.165) is 48.5 Å². The first-order chi connectivity index (χ1) is 21.5. The molecule has 9 atom stereocenters. The van der Waals surface area contributed by atoms with E-state index in [4.69, 9.17) is 52.1 Å². The Labute approximate surface area is 262 Å². The highest BCUT2D eigenvalue weighted by molar-refractivity contribution is 5.69. The molecule has 0 aromatic heterocycles. The van der Waals surface area contributed by atoms with Crippen molar-refractivity contribution in [1.29, 1.82) is 0 Å². The van der Waals surface area contributed by atoms with E-state index in [1.165, 1.54) is 0 Å². The molecule has 2 rings (SSSR count). The van der Waals surface area contributed by atoms with Gasteiger partial charge in [0.25, 0.3) is 6.47 Å². The minimum atomic E-state index is -2.47. The van der Waals surface area contributed by atoms with E-state index in [1.807, 2.05) is 0 Å². The molecule has 0 aromatic carbocycles. The summed E-state index contributed by atoms with van der Waals surface area (Å²) in [6, 6.07) is 0. The van der Waals surface area contributed by atoms with Crippen LogP contribution in [0.5, 0.6) is 0 Å². The van der Waals surface area contributed by atoms with Gasteiger partial charge in [0.05, 0.1) is 0 Å². The number of carbonyl (C=O) groups excluding carboxylic acids is 8. The van der Waals surface area contributed by atoms with E-state index in [1.54, 1.807) is 0 Å². The molecule has 2 heterocycles. The largest absolute Gasteiger partial charge is 0.465 e. The van der Waals surface area contributed by atoms with Crippen molar-refractivity contribution in [2.45, 2.75) is 103 Å². The first-order valence-electron chi connectivity index (χ1n) is 13.7. The monoisotopic (exact) mass is 664 g/mol. The molecule has 258 valence electrons. The molecule has 0 unspecified atom stereocenters. The number of hydrogen-bond donors (Lipinski definition) is 0. The summed E-state index contributed by atoms with van der Waals surface area (Å²) in [4.78, 5) is 95.5. The zero-order chi connectivity index (χ0) is 34.8. The van der Waals surface area contributed by atoms with Crippen molar-refractivity contribution in [2.24, 2.45) is 0 Å². The minimum absolute atomic E-state index is 0.0569. The molecule has 0 aromatic rings. The second-order valence-corrected chi connectivity index (χ2v) is 9.97. The maximum Gasteiger partial charge on any atom is 0.303 e. The maximum absolute atomic E-state index is 12.3. The van der Waals surface area contributed by atoms with Crippen LogP contribution >= 0.6 is 0 Å². The lowest BCUT2D eigenvalue weighted by Gasteiger charge is -2.46. The van der Waals surface area contributed by atoms with Crippen LogP contribution in [0.3, 0.4) is 0 Å². The number of hydrogen-bond acceptors (Lipinski definition) is 19. The van der Waals surface area contributed by atoms with Crippen LogP contribution < -0.4 is 0 Å². The normalized spacial score (nSPS) is 30.2. The highest BCUT2D eigenvalue weighted by Crippen LogP contribution is 2.41. The molecule has 2 saturated heterocycles. The van der Waals surface area contributed by atoms with Gasteiger partial charge in [0.15, 0.2) is 30.5 Å². The van der Waals surface area contributed by atoms with Crippen LogP contribution in [0.2, 0.25) is 0 Å². The Kier molecular flexibility index (Phi) is 13.8. The number of rotatable bonds is 14. The lowest BCUT2D eigenvalue weighted by Crippen LogP contribution is -2.65. The Balaban J connectivity index is 2.77. The average molecular weight is 665 g/mol. The summed E-state index contributed by atoms with van der Waals surface area (Å²) in [5.74, 6) is -8.77. The summed E-state index contributed by atoms with van der Waals surface area (Å²) in [6.45, 7) is 5.07. The van der Waals surface area contributed by atoms with Crippen molar-refractivity contribution in [3.05, 3.63) is 0 Å². The Morgan fingerprint density at radius 2 is 1.09 bits per heavy atom. The smallest absolute Gasteiger partial charge is 0.303 e. The molecular weight excluding hydrogens is 628 g/mol. The van der Waals surface area contributed by atoms with Crippen LogP contribution in [0.1, 0.15) is 48.5 Å². The van der Waals surface area contributed by atoms with Crippen molar-refractivity contribution in [3.8, 4) is 0 Å². The Hall–Kier alpha value is -4.36. The second kappa shape index (κ2) is 16.8. The summed E-state index contributed by atoms with van der Waals surface area (Å²) >= 11 is 0. The fraction of sp³-hybridized carbons (Fsp3) is 0.704. The van der Waals surface area contributed by atoms with Crippen LogP contribution in [0, 0.1) is 0 Å². The predicted molar refractivity (Wildman–Crippen MR) is 140 cm³/mol. The summed E-state index contributed by atoms with van der Waals surface area (Å²) < 4.78 is 60.0. The summed E-state index contributed by atoms with van der Waals surface area (Å²) in [5, 5.41) is 0. The summed E-state index contributed by atoms with van der Waals surface area (Å²) in [6.07, 6.45) is -13.2. The molecule has 0 bridgehead atoms. The maximum atomic E-state index is 12.3. The molecule has 0 amide bonds. The Bertz CT molecular complexity index is 1170. The molecule has 0 N–H and O–H groups in total. The van der Waals surface area contributed by atoms with Gasteiger partial charge in [0, 0.05) is 48.5 Å². The fourth-order valence-electron chi connectivity index (χ4n) is 4.69. The van der Waals surface area contributed by atoms with Gasteiger partial charge < -0.3 is 52.1 Å². The first-order valence-corrected chi connectivity index (χ1v) is 13.7. The summed E-state index contributed by atoms with van der Waals surface area (Å²) in [5.41, 5.74) is 0. The quantitative estimate of drug-likeness (QED) is 0.120. The fourth-order valence-corrected chi connectivity index (χ4v) is 4.69. The van der Waals surface area contributed by atoms with Gasteiger partial charge in [0.1, 0.15) is 32.0 Å². The van der Waals surface area contributed by atoms with Crippen LogP contribution in [-0.2, 0) is 90.5 Å². The van der Waals surface area contributed by atoms with Gasteiger partial charge in [-0.1, -0.05) is 0 Å². The van der Waals surface area contributed by atoms with Crippen molar-refractivity contribution in [3.63, 3.8) is 0 Å². The molecule has 19 heteroatoms. The Morgan fingerprint density at radius 3 is 1.59 bits per heavy atom. The third-order valence-electron chi connectivity index (χ3n) is 6.11. The van der Waals surface area contributed by atoms with Gasteiger partial charge in [0.2, 0.25) is 12.1 Å². The SMILES string of the molecule is CC(=O)OC[C@H]1O[C@H](O[C@]2(COC(C)=O)O[C@H](COC=O)[C@@H](OC(C)=O)[C@@H]2OC(C)=O)[C@H](OC(C)=O)[C@@H](OC(C)=O)[C@@H]1OC(C)=O. The molecule has 2 aliphatic heterocycles. The summed E-state index contributed by atoms with van der Waals surface area (Å²) in [7, 11) is 0. The second-order valence-electron chi connectivity index (χ2n) is 9.97. The van der Waals surface area contributed by atoms with Crippen molar-refractivity contribution >= 4 is 48.3 Å². The van der Waals surface area contributed by atoms with Crippen LogP contribution in [-0.4, -0.2) is 123 Å². The molecule has 0 spiro atoms. The average Bonchev–Trinajstić information content (AvgIpc) is 3.18. The van der Waals surface area contributed by atoms with Crippen molar-refractivity contribution in [2.75, 3.05) is 19.8 Å². The van der Waals surface area contributed by atoms with Gasteiger partial charge in [-0.25, -0.2) is 0 Å². The molecule has 2 fully saturated rings. The zero-order valence-electron chi connectivity index (χ0n) is 26.1. The van der Waals surface area contributed by atoms with Crippen molar-refractivity contribution in [1.82, 2.24) is 0 Å². The molecule has 19 nitrogen and oxygen atoms in total. The topological polar surface area (TPSA) is 238 Å². The highest BCUT2D eigenvalue weighted by Gasteiger charge is 2.65. The van der Waals surface area contributed by atoms with E-state index in [-0.39, 0.29) is 6.47 Å². The lowest BCUT2D eigenvalue weighted by molar-refractivity contribution is -0.384. The third-order valence-corrected chi connectivity index (χ3v) is 6.11. The molecular formula is C27H36O19. The molecule has 0 radical (unpaired) electrons. The molecule has 2 aliphatic rings. The number of carbonyl (C=O) groups is 8. The lowest BCUT2D eigenvalue weighted by atomic mass is 9.97. The third kappa shape index (κ3) is 10.6. The van der Waals surface area contributed by atoms with Crippen LogP contribution in [0.15, 0.2) is 0 Å². The standard InChI is InChI=1S/C27H36O19/c1-12(29)37-9-19-21(39-14(3)31)23(41-16(5)33)24(42-17(6)34)26(44-19)46-27(10-38-13(2)30)25(43-18(7)35)22(40-15(4)32)20(45-27)8-36-11-28/h11,19-26H,8-10H2,1-7H3/t19-,20-,21-,22-,23+,24-,25+,26-,27+/m1/s1. The van der Waals surface area contributed by atoms with Crippen LogP contribution in [0.4, 0.5) is 0 Å². The predicted octanol–water partition coefficient (Wildman–Crippen LogP) is -1.22.